The van der Waals surface area contributed by atoms with Gasteiger partial charge in [-0.15, -0.1) is 0 Å². The summed E-state index contributed by atoms with van der Waals surface area (Å²) in [4.78, 5) is 4.23. The molecule has 0 saturated heterocycles. The molecular formula is C14H15F2NO2. The van der Waals surface area contributed by atoms with E-state index >= 15 is 0 Å². The van der Waals surface area contributed by atoms with Crippen molar-refractivity contribution in [2.75, 3.05) is 6.61 Å². The molecule has 0 aliphatic heterocycles. The van der Waals surface area contributed by atoms with Gasteiger partial charge >= 0.3 is 0 Å². The summed E-state index contributed by atoms with van der Waals surface area (Å²) in [6.07, 6.45) is 0.393. The van der Waals surface area contributed by atoms with Crippen LogP contribution in [-0.2, 0) is 12.3 Å². The standard InChI is InChI=1S/C14H15F2NO2/c1-9-12(7-8-18)19-13(17-9)10-3-5-11(6-4-10)14(2,15)16/h3-6,18H,7-8H2,1-2H3. The fourth-order valence-corrected chi connectivity index (χ4v) is 1.79. The molecule has 0 fully saturated rings. The number of nitrogens with zero attached hydrogens (tertiary/aromatic N) is 1. The maximum atomic E-state index is 13.1. The molecule has 2 aromatic rings. The van der Waals surface area contributed by atoms with Gasteiger partial charge in [-0.2, -0.15) is 0 Å². The molecule has 3 nitrogen and oxygen atoms in total. The molecule has 1 heterocycles. The summed E-state index contributed by atoms with van der Waals surface area (Å²) in [5.41, 5.74) is 1.30. The number of aryl methyl sites for hydroxylation is 1. The molecule has 0 amide bonds. The summed E-state index contributed by atoms with van der Waals surface area (Å²) in [6.45, 7) is 2.62. The Hall–Kier alpha value is -1.75. The Morgan fingerprint density at radius 3 is 2.42 bits per heavy atom. The predicted octanol–water partition coefficient (Wildman–Crippen LogP) is 3.30. The number of aliphatic hydroxyl groups excluding tert-OH is 1. The Kier molecular flexibility index (Phi) is 3.66. The summed E-state index contributed by atoms with van der Waals surface area (Å²) in [5, 5.41) is 8.88. The molecule has 102 valence electrons. The Labute approximate surface area is 109 Å². The van der Waals surface area contributed by atoms with Gasteiger partial charge in [0.2, 0.25) is 5.89 Å². The molecule has 0 spiro atoms. The van der Waals surface area contributed by atoms with E-state index in [9.17, 15) is 8.78 Å². The maximum Gasteiger partial charge on any atom is 0.270 e. The highest BCUT2D eigenvalue weighted by atomic mass is 19.3. The third-order valence-corrected chi connectivity index (χ3v) is 2.87. The van der Waals surface area contributed by atoms with E-state index in [-0.39, 0.29) is 12.2 Å². The number of hydrogen-bond donors (Lipinski definition) is 1. The second kappa shape index (κ2) is 5.09. The SMILES string of the molecule is Cc1nc(-c2ccc(C(C)(F)F)cc2)oc1CCO. The average molecular weight is 267 g/mol. The van der Waals surface area contributed by atoms with Crippen LogP contribution in [-0.4, -0.2) is 16.7 Å². The molecule has 1 N–H and O–H groups in total. The van der Waals surface area contributed by atoms with Crippen molar-refractivity contribution in [2.45, 2.75) is 26.2 Å². The fraction of sp³-hybridized carbons (Fsp3) is 0.357. The molecule has 0 unspecified atom stereocenters. The third kappa shape index (κ3) is 2.98. The van der Waals surface area contributed by atoms with Gasteiger partial charge in [0.1, 0.15) is 5.76 Å². The number of aromatic nitrogens is 1. The molecule has 0 saturated carbocycles. The lowest BCUT2D eigenvalue weighted by atomic mass is 10.1. The first-order valence-electron chi connectivity index (χ1n) is 5.97. The van der Waals surface area contributed by atoms with E-state index < -0.39 is 5.92 Å². The minimum Gasteiger partial charge on any atom is -0.441 e. The Morgan fingerprint density at radius 1 is 1.26 bits per heavy atom. The van der Waals surface area contributed by atoms with Crippen molar-refractivity contribution in [3.8, 4) is 11.5 Å². The fourth-order valence-electron chi connectivity index (χ4n) is 1.79. The van der Waals surface area contributed by atoms with Crippen molar-refractivity contribution < 1.29 is 18.3 Å². The van der Waals surface area contributed by atoms with Crippen molar-refractivity contribution in [2.24, 2.45) is 0 Å². The van der Waals surface area contributed by atoms with E-state index in [2.05, 4.69) is 4.98 Å². The molecule has 0 aliphatic rings. The van der Waals surface area contributed by atoms with Crippen LogP contribution in [0.25, 0.3) is 11.5 Å². The van der Waals surface area contributed by atoms with Crippen LogP contribution in [0.1, 0.15) is 23.9 Å². The quantitative estimate of drug-likeness (QED) is 0.924. The van der Waals surface area contributed by atoms with Crippen LogP contribution in [0, 0.1) is 6.92 Å². The molecule has 1 aromatic carbocycles. The van der Waals surface area contributed by atoms with Crippen molar-refractivity contribution in [1.82, 2.24) is 4.98 Å². The summed E-state index contributed by atoms with van der Waals surface area (Å²) >= 11 is 0. The first-order valence-corrected chi connectivity index (χ1v) is 5.97. The number of rotatable bonds is 4. The lowest BCUT2D eigenvalue weighted by Gasteiger charge is -2.10. The number of aliphatic hydroxyl groups is 1. The number of hydrogen-bond acceptors (Lipinski definition) is 3. The zero-order valence-corrected chi connectivity index (χ0v) is 10.8. The zero-order chi connectivity index (χ0) is 14.0. The summed E-state index contributed by atoms with van der Waals surface area (Å²) < 4.78 is 31.7. The van der Waals surface area contributed by atoms with Gasteiger partial charge in [-0.3, -0.25) is 0 Å². The zero-order valence-electron chi connectivity index (χ0n) is 10.8. The Bertz CT molecular complexity index is 556. The van der Waals surface area contributed by atoms with Crippen LogP contribution in [0.15, 0.2) is 28.7 Å². The first kappa shape index (κ1) is 13.7. The number of halogens is 2. The molecule has 19 heavy (non-hydrogen) atoms. The van der Waals surface area contributed by atoms with Gasteiger partial charge in [0.05, 0.1) is 12.3 Å². The van der Waals surface area contributed by atoms with Gasteiger partial charge in [0.25, 0.3) is 5.92 Å². The van der Waals surface area contributed by atoms with E-state index in [0.29, 0.717) is 29.3 Å². The van der Waals surface area contributed by atoms with Crippen LogP contribution >= 0.6 is 0 Å². The van der Waals surface area contributed by atoms with Gasteiger partial charge in [-0.05, 0) is 19.1 Å². The lowest BCUT2D eigenvalue weighted by molar-refractivity contribution is 0.0175. The average Bonchev–Trinajstić information content (AvgIpc) is 2.71. The molecule has 0 aliphatic carbocycles. The number of alkyl halides is 2. The van der Waals surface area contributed by atoms with Crippen molar-refractivity contribution in [3.05, 3.63) is 41.3 Å². The monoisotopic (exact) mass is 267 g/mol. The number of oxazole rings is 1. The van der Waals surface area contributed by atoms with Crippen LogP contribution < -0.4 is 0 Å². The van der Waals surface area contributed by atoms with E-state index in [0.717, 1.165) is 6.92 Å². The highest BCUT2D eigenvalue weighted by molar-refractivity contribution is 5.54. The molecule has 1 aromatic heterocycles. The molecule has 0 bridgehead atoms. The van der Waals surface area contributed by atoms with Gasteiger partial charge in [0, 0.05) is 24.5 Å². The highest BCUT2D eigenvalue weighted by Gasteiger charge is 2.24. The lowest BCUT2D eigenvalue weighted by Crippen LogP contribution is -2.06. The number of benzene rings is 1. The van der Waals surface area contributed by atoms with Crippen molar-refractivity contribution in [3.63, 3.8) is 0 Å². The summed E-state index contributed by atoms with van der Waals surface area (Å²) in [6, 6.07) is 5.84. The normalized spacial score (nSPS) is 11.8. The topological polar surface area (TPSA) is 46.3 Å². The highest BCUT2D eigenvalue weighted by Crippen LogP contribution is 2.29. The van der Waals surface area contributed by atoms with Gasteiger partial charge in [-0.25, -0.2) is 13.8 Å². The molecule has 5 heteroatoms. The van der Waals surface area contributed by atoms with Crippen molar-refractivity contribution >= 4 is 0 Å². The summed E-state index contributed by atoms with van der Waals surface area (Å²) in [7, 11) is 0. The smallest absolute Gasteiger partial charge is 0.270 e. The second-order valence-corrected chi connectivity index (χ2v) is 4.47. The second-order valence-electron chi connectivity index (χ2n) is 4.47. The molecule has 0 radical (unpaired) electrons. The van der Waals surface area contributed by atoms with E-state index in [1.165, 1.54) is 12.1 Å². The molecule has 0 atom stereocenters. The minimum atomic E-state index is -2.85. The third-order valence-electron chi connectivity index (χ3n) is 2.87. The van der Waals surface area contributed by atoms with Crippen molar-refractivity contribution in [1.29, 1.82) is 0 Å². The Balaban J connectivity index is 2.30. The first-order chi connectivity index (χ1) is 8.91. The molecule has 2 rings (SSSR count). The van der Waals surface area contributed by atoms with E-state index in [4.69, 9.17) is 9.52 Å². The van der Waals surface area contributed by atoms with Crippen LogP contribution in [0.3, 0.4) is 0 Å². The maximum absolute atomic E-state index is 13.1. The largest absolute Gasteiger partial charge is 0.441 e. The predicted molar refractivity (Wildman–Crippen MR) is 67.0 cm³/mol. The minimum absolute atomic E-state index is 0.0174. The van der Waals surface area contributed by atoms with Crippen LogP contribution in [0.4, 0.5) is 8.78 Å². The Morgan fingerprint density at radius 2 is 1.89 bits per heavy atom. The van der Waals surface area contributed by atoms with E-state index in [1.54, 1.807) is 19.1 Å². The van der Waals surface area contributed by atoms with Gasteiger partial charge in [-0.1, -0.05) is 12.1 Å². The van der Waals surface area contributed by atoms with Crippen LogP contribution in [0.2, 0.25) is 0 Å². The van der Waals surface area contributed by atoms with Gasteiger partial charge in [0.15, 0.2) is 0 Å². The molecular weight excluding hydrogens is 252 g/mol. The van der Waals surface area contributed by atoms with Gasteiger partial charge < -0.3 is 9.52 Å². The van der Waals surface area contributed by atoms with E-state index in [1.807, 2.05) is 0 Å². The summed E-state index contributed by atoms with van der Waals surface area (Å²) in [5.74, 6) is -1.86. The van der Waals surface area contributed by atoms with Crippen LogP contribution in [0.5, 0.6) is 0 Å².